The summed E-state index contributed by atoms with van der Waals surface area (Å²) in [6, 6.07) is 0. The Bertz CT molecular complexity index is 389. The van der Waals surface area contributed by atoms with Crippen LogP contribution in [0.15, 0.2) is 11.1 Å². The molecule has 17 heavy (non-hydrogen) atoms. The first-order valence-electron chi connectivity index (χ1n) is 6.17. The van der Waals surface area contributed by atoms with E-state index in [1.807, 2.05) is 20.8 Å². The molecule has 2 aliphatic rings. The number of piperidine rings is 1. The lowest BCUT2D eigenvalue weighted by Gasteiger charge is -2.26. The minimum Gasteiger partial charge on any atom is -0.451 e. The highest BCUT2D eigenvalue weighted by atomic mass is 16.6. The van der Waals surface area contributed by atoms with Crippen LogP contribution in [0, 0.1) is 0 Å². The van der Waals surface area contributed by atoms with Crippen molar-refractivity contribution in [3.05, 3.63) is 11.1 Å². The van der Waals surface area contributed by atoms with Crippen molar-refractivity contribution in [3.8, 4) is 0 Å². The summed E-state index contributed by atoms with van der Waals surface area (Å²) in [6.07, 6.45) is 3.21. The van der Waals surface area contributed by atoms with Gasteiger partial charge in [0.05, 0.1) is 0 Å². The molecule has 1 fully saturated rings. The minimum atomic E-state index is -0.641. The number of esters is 1. The van der Waals surface area contributed by atoms with Crippen molar-refractivity contribution in [2.24, 2.45) is 0 Å². The third-order valence-electron chi connectivity index (χ3n) is 3.69. The second-order valence-corrected chi connectivity index (χ2v) is 5.25. The van der Waals surface area contributed by atoms with Gasteiger partial charge in [0.2, 0.25) is 0 Å². The van der Waals surface area contributed by atoms with Crippen LogP contribution in [0.5, 0.6) is 0 Å². The van der Waals surface area contributed by atoms with E-state index in [2.05, 4.69) is 0 Å². The fourth-order valence-electron chi connectivity index (χ4n) is 2.32. The summed E-state index contributed by atoms with van der Waals surface area (Å²) in [5.74, 6) is -0.624. The fraction of sp³-hybridized carbons (Fsp3) is 0.692. The Morgan fingerprint density at radius 2 is 1.82 bits per heavy atom. The van der Waals surface area contributed by atoms with Gasteiger partial charge in [0, 0.05) is 13.1 Å². The number of nitrogens with zero attached hydrogens (tertiary/aromatic N) is 1. The quantitative estimate of drug-likeness (QED) is 0.514. The molecule has 1 saturated heterocycles. The molecule has 4 nitrogen and oxygen atoms in total. The molecule has 0 unspecified atom stereocenters. The van der Waals surface area contributed by atoms with Crippen LogP contribution in [0.4, 0.5) is 0 Å². The first kappa shape index (κ1) is 12.1. The molecule has 0 N–H and O–H groups in total. The van der Waals surface area contributed by atoms with Gasteiger partial charge >= 0.3 is 5.97 Å². The van der Waals surface area contributed by atoms with Gasteiger partial charge in [-0.3, -0.25) is 4.79 Å². The average molecular weight is 237 g/mol. The second kappa shape index (κ2) is 4.17. The predicted octanol–water partition coefficient (Wildman–Crippen LogP) is 1.65. The van der Waals surface area contributed by atoms with E-state index in [0.717, 1.165) is 37.9 Å². The van der Waals surface area contributed by atoms with E-state index in [4.69, 9.17) is 4.74 Å². The monoisotopic (exact) mass is 237 g/mol. The maximum Gasteiger partial charge on any atom is 0.344 e. The molecule has 0 spiro atoms. The number of hydrogen-bond donors (Lipinski definition) is 0. The van der Waals surface area contributed by atoms with Gasteiger partial charge in [-0.05, 0) is 45.6 Å². The van der Waals surface area contributed by atoms with Gasteiger partial charge in [-0.2, -0.15) is 0 Å². The predicted molar refractivity (Wildman–Crippen MR) is 63.3 cm³/mol. The summed E-state index contributed by atoms with van der Waals surface area (Å²) in [5.41, 5.74) is 0.354. The maximum absolute atomic E-state index is 12.3. The summed E-state index contributed by atoms with van der Waals surface area (Å²) in [4.78, 5) is 25.8. The molecule has 0 radical (unpaired) electrons. The number of amides is 1. The van der Waals surface area contributed by atoms with Gasteiger partial charge < -0.3 is 9.64 Å². The number of hydrogen-bond acceptors (Lipinski definition) is 3. The Labute approximate surface area is 102 Å². The third kappa shape index (κ3) is 2.08. The molecule has 0 aromatic heterocycles. The molecular formula is C13H19NO3. The first-order chi connectivity index (χ1) is 7.93. The SMILES string of the molecule is CC1=C(C(=O)N2CCCCC2)C(=O)OC1(C)C. The molecule has 2 heterocycles. The van der Waals surface area contributed by atoms with Crippen LogP contribution in [0.3, 0.4) is 0 Å². The second-order valence-electron chi connectivity index (χ2n) is 5.25. The molecule has 0 aliphatic carbocycles. The number of carbonyl (C=O) groups excluding carboxylic acids is 2. The zero-order valence-corrected chi connectivity index (χ0v) is 10.7. The van der Waals surface area contributed by atoms with Crippen LogP contribution in [0.25, 0.3) is 0 Å². The Morgan fingerprint density at radius 1 is 1.24 bits per heavy atom. The van der Waals surface area contributed by atoms with Crippen LogP contribution >= 0.6 is 0 Å². The molecule has 0 bridgehead atoms. The van der Waals surface area contributed by atoms with Crippen molar-refractivity contribution in [3.63, 3.8) is 0 Å². The molecule has 4 heteroatoms. The van der Waals surface area contributed by atoms with E-state index in [9.17, 15) is 9.59 Å². The largest absolute Gasteiger partial charge is 0.451 e. The van der Waals surface area contributed by atoms with Gasteiger partial charge in [-0.1, -0.05) is 0 Å². The lowest BCUT2D eigenvalue weighted by atomic mass is 9.96. The topological polar surface area (TPSA) is 46.6 Å². The zero-order chi connectivity index (χ0) is 12.6. The molecule has 1 amide bonds. The van der Waals surface area contributed by atoms with Crippen molar-refractivity contribution >= 4 is 11.9 Å². The highest BCUT2D eigenvalue weighted by Crippen LogP contribution is 2.33. The van der Waals surface area contributed by atoms with E-state index >= 15 is 0 Å². The Morgan fingerprint density at radius 3 is 2.29 bits per heavy atom. The Balaban J connectivity index is 2.24. The lowest BCUT2D eigenvalue weighted by molar-refractivity contribution is -0.146. The zero-order valence-electron chi connectivity index (χ0n) is 10.7. The highest BCUT2D eigenvalue weighted by Gasteiger charge is 2.42. The van der Waals surface area contributed by atoms with E-state index in [1.54, 1.807) is 4.90 Å². The van der Waals surface area contributed by atoms with Crippen LogP contribution in [0.1, 0.15) is 40.0 Å². The molecule has 2 rings (SSSR count). The van der Waals surface area contributed by atoms with E-state index in [-0.39, 0.29) is 11.5 Å². The summed E-state index contributed by atoms with van der Waals surface area (Å²) in [6.45, 7) is 6.95. The maximum atomic E-state index is 12.3. The van der Waals surface area contributed by atoms with Crippen molar-refractivity contribution in [1.82, 2.24) is 4.90 Å². The molecule has 2 aliphatic heterocycles. The van der Waals surface area contributed by atoms with Crippen molar-refractivity contribution in [1.29, 1.82) is 0 Å². The normalized spacial score (nSPS) is 23.9. The first-order valence-corrected chi connectivity index (χ1v) is 6.17. The van der Waals surface area contributed by atoms with Gasteiger partial charge in [-0.15, -0.1) is 0 Å². The molecule has 94 valence electrons. The van der Waals surface area contributed by atoms with Crippen molar-refractivity contribution in [2.45, 2.75) is 45.6 Å². The highest BCUT2D eigenvalue weighted by molar-refractivity contribution is 6.18. The Hall–Kier alpha value is -1.32. The van der Waals surface area contributed by atoms with E-state index in [1.165, 1.54) is 0 Å². The van der Waals surface area contributed by atoms with Crippen molar-refractivity contribution in [2.75, 3.05) is 13.1 Å². The number of ether oxygens (including phenoxy) is 1. The smallest absolute Gasteiger partial charge is 0.344 e. The van der Waals surface area contributed by atoms with Gasteiger partial charge in [-0.25, -0.2) is 4.79 Å². The molecule has 0 atom stereocenters. The number of likely N-dealkylation sites (tertiary alicyclic amines) is 1. The van der Waals surface area contributed by atoms with Crippen LogP contribution in [0.2, 0.25) is 0 Å². The minimum absolute atomic E-state index is 0.155. The van der Waals surface area contributed by atoms with Gasteiger partial charge in [0.1, 0.15) is 11.2 Å². The van der Waals surface area contributed by atoms with Gasteiger partial charge in [0.25, 0.3) is 5.91 Å². The summed E-state index contributed by atoms with van der Waals surface area (Å²) >= 11 is 0. The summed E-state index contributed by atoms with van der Waals surface area (Å²) in [7, 11) is 0. The number of rotatable bonds is 1. The van der Waals surface area contributed by atoms with Crippen LogP contribution in [-0.4, -0.2) is 35.5 Å². The van der Waals surface area contributed by atoms with Crippen LogP contribution in [-0.2, 0) is 14.3 Å². The fourth-order valence-corrected chi connectivity index (χ4v) is 2.32. The molecule has 0 saturated carbocycles. The Kier molecular flexibility index (Phi) is 2.98. The summed E-state index contributed by atoms with van der Waals surface area (Å²) < 4.78 is 5.23. The average Bonchev–Trinajstić information content (AvgIpc) is 2.49. The third-order valence-corrected chi connectivity index (χ3v) is 3.69. The standard InChI is InChI=1S/C13H19NO3/c1-9-10(12(16)17-13(9,2)3)11(15)14-7-5-4-6-8-14/h4-8H2,1-3H3. The van der Waals surface area contributed by atoms with Crippen LogP contribution < -0.4 is 0 Å². The lowest BCUT2D eigenvalue weighted by Crippen LogP contribution is -2.37. The molecule has 0 aromatic rings. The van der Waals surface area contributed by atoms with E-state index in [0.29, 0.717) is 0 Å². The summed E-state index contributed by atoms with van der Waals surface area (Å²) in [5, 5.41) is 0. The van der Waals surface area contributed by atoms with Gasteiger partial charge in [0.15, 0.2) is 0 Å². The molecular weight excluding hydrogens is 218 g/mol. The number of cyclic esters (lactones) is 1. The van der Waals surface area contributed by atoms with Crippen molar-refractivity contribution < 1.29 is 14.3 Å². The van der Waals surface area contributed by atoms with E-state index < -0.39 is 11.6 Å². The number of carbonyl (C=O) groups is 2. The molecule has 0 aromatic carbocycles.